The van der Waals surface area contributed by atoms with Gasteiger partial charge in [-0.3, -0.25) is 9.59 Å². The molecule has 0 radical (unpaired) electrons. The van der Waals surface area contributed by atoms with Gasteiger partial charge in [-0.25, -0.2) is 4.39 Å². The molecule has 4 unspecified atom stereocenters. The monoisotopic (exact) mass is 292 g/mol. The quantitative estimate of drug-likeness (QED) is 0.510. The first-order valence-electron chi connectivity index (χ1n) is 6.49. The molecule has 0 aromatic carbocycles. The molecule has 5 nitrogen and oxygen atoms in total. The summed E-state index contributed by atoms with van der Waals surface area (Å²) in [6, 6.07) is 0. The second kappa shape index (κ2) is 5.63. The summed E-state index contributed by atoms with van der Waals surface area (Å²) in [4.78, 5) is 23.2. The number of hydrogen-bond donors (Lipinski definition) is 3. The summed E-state index contributed by atoms with van der Waals surface area (Å²) in [5.74, 6) is -1.44. The van der Waals surface area contributed by atoms with Gasteiger partial charge in [-0.2, -0.15) is 0 Å². The van der Waals surface area contributed by atoms with E-state index in [1.54, 1.807) is 0 Å². The van der Waals surface area contributed by atoms with Gasteiger partial charge in [-0.05, 0) is 25.2 Å². The average Bonchev–Trinajstić information content (AvgIpc) is 2.67. The third kappa shape index (κ3) is 3.17. The minimum atomic E-state index is -1.98. The smallest absolute Gasteiger partial charge is 0.261 e. The van der Waals surface area contributed by atoms with Crippen LogP contribution in [0.15, 0.2) is 0 Å². The lowest BCUT2D eigenvalue weighted by Crippen LogP contribution is -2.53. The Balaban J connectivity index is 1.85. The first-order valence-corrected chi connectivity index (χ1v) is 6.92. The number of aliphatic hydroxyl groups is 1. The zero-order chi connectivity index (χ0) is 14.0. The summed E-state index contributed by atoms with van der Waals surface area (Å²) in [7, 11) is 0. The largest absolute Gasteiger partial charge is 0.372 e. The summed E-state index contributed by atoms with van der Waals surface area (Å²) in [5.41, 5.74) is -1.98. The molecule has 2 rings (SSSR count). The lowest BCUT2D eigenvalue weighted by molar-refractivity contribution is -0.150. The molecule has 2 fully saturated rings. The van der Waals surface area contributed by atoms with Gasteiger partial charge in [0.15, 0.2) is 0 Å². The lowest BCUT2D eigenvalue weighted by Gasteiger charge is -2.29. The number of hydrogen-bond acceptors (Lipinski definition) is 3. The molecular weight excluding hydrogens is 275 g/mol. The first kappa shape index (κ1) is 14.5. The molecule has 108 valence electrons. The summed E-state index contributed by atoms with van der Waals surface area (Å²) < 4.78 is 13.3. The van der Waals surface area contributed by atoms with Crippen LogP contribution in [0.25, 0.3) is 0 Å². The molecule has 3 N–H and O–H groups in total. The molecule has 7 heteroatoms. The molecule has 4 atom stereocenters. The Labute approximate surface area is 115 Å². The molecular formula is C12H18ClFN2O3. The molecule has 2 aliphatic rings. The maximum Gasteiger partial charge on any atom is 0.261 e. The van der Waals surface area contributed by atoms with Crippen molar-refractivity contribution in [3.63, 3.8) is 0 Å². The van der Waals surface area contributed by atoms with E-state index < -0.39 is 23.6 Å². The number of halogens is 2. The van der Waals surface area contributed by atoms with E-state index in [4.69, 9.17) is 11.6 Å². The fraction of sp³-hybridized carbons (Fsp3) is 0.833. The van der Waals surface area contributed by atoms with E-state index in [1.807, 2.05) is 0 Å². The van der Waals surface area contributed by atoms with Gasteiger partial charge < -0.3 is 15.7 Å². The molecule has 1 saturated carbocycles. The van der Waals surface area contributed by atoms with E-state index in [9.17, 15) is 19.1 Å². The molecule has 0 spiro atoms. The standard InChI is InChI=1S/C12H18ClFN2O3/c13-8-3-7(4-9(14)5-8)6-16-11(18)12(19)1-2-15-10(12)17/h7-9,19H,1-6H2,(H,15,17)(H,16,18). The molecule has 1 aliphatic heterocycles. The van der Waals surface area contributed by atoms with Crippen molar-refractivity contribution in [2.45, 2.75) is 42.8 Å². The van der Waals surface area contributed by atoms with Crippen LogP contribution >= 0.6 is 11.6 Å². The number of amides is 2. The van der Waals surface area contributed by atoms with Gasteiger partial charge in [0.1, 0.15) is 6.17 Å². The topological polar surface area (TPSA) is 78.4 Å². The van der Waals surface area contributed by atoms with E-state index in [-0.39, 0.29) is 30.8 Å². The molecule has 0 bridgehead atoms. The number of carbonyl (C=O) groups is 2. The van der Waals surface area contributed by atoms with Gasteiger partial charge in [0.25, 0.3) is 11.8 Å². The van der Waals surface area contributed by atoms with Crippen LogP contribution in [0, 0.1) is 5.92 Å². The lowest BCUT2D eigenvalue weighted by atomic mass is 9.87. The van der Waals surface area contributed by atoms with Crippen molar-refractivity contribution in [2.24, 2.45) is 5.92 Å². The normalized spacial score (nSPS) is 38.9. The Morgan fingerprint density at radius 2 is 2.26 bits per heavy atom. The SMILES string of the molecule is O=C1NCCC1(O)C(=O)NCC1CC(F)CC(Cl)C1. The Hall–Kier alpha value is -0.880. The van der Waals surface area contributed by atoms with Crippen LogP contribution in [0.1, 0.15) is 25.7 Å². The van der Waals surface area contributed by atoms with Crippen LogP contribution in [0.4, 0.5) is 4.39 Å². The van der Waals surface area contributed by atoms with Crippen molar-refractivity contribution in [2.75, 3.05) is 13.1 Å². The summed E-state index contributed by atoms with van der Waals surface area (Å²) in [6.45, 7) is 0.514. The molecule has 1 saturated heterocycles. The predicted octanol–water partition coefficient (Wildman–Crippen LogP) is 0.0992. The van der Waals surface area contributed by atoms with Gasteiger partial charge in [-0.15, -0.1) is 11.6 Å². The van der Waals surface area contributed by atoms with Crippen molar-refractivity contribution >= 4 is 23.4 Å². The predicted molar refractivity (Wildman–Crippen MR) is 67.5 cm³/mol. The van der Waals surface area contributed by atoms with Crippen LogP contribution in [0.3, 0.4) is 0 Å². The highest BCUT2D eigenvalue weighted by Crippen LogP contribution is 2.29. The zero-order valence-corrected chi connectivity index (χ0v) is 11.3. The Kier molecular flexibility index (Phi) is 4.30. The van der Waals surface area contributed by atoms with E-state index in [0.717, 1.165) is 0 Å². The van der Waals surface area contributed by atoms with E-state index in [0.29, 0.717) is 19.3 Å². The molecule has 0 aromatic heterocycles. The van der Waals surface area contributed by atoms with Crippen molar-refractivity contribution in [1.82, 2.24) is 10.6 Å². The number of nitrogens with one attached hydrogen (secondary N) is 2. The highest BCUT2D eigenvalue weighted by atomic mass is 35.5. The second-order valence-corrected chi connectivity index (χ2v) is 5.96. The van der Waals surface area contributed by atoms with Gasteiger partial charge in [0, 0.05) is 24.9 Å². The van der Waals surface area contributed by atoms with Crippen molar-refractivity contribution in [1.29, 1.82) is 0 Å². The highest BCUT2D eigenvalue weighted by molar-refractivity contribution is 6.20. The number of alkyl halides is 2. The van der Waals surface area contributed by atoms with Gasteiger partial charge in [0.05, 0.1) is 0 Å². The molecule has 2 amide bonds. The van der Waals surface area contributed by atoms with E-state index in [1.165, 1.54) is 0 Å². The Morgan fingerprint density at radius 3 is 2.84 bits per heavy atom. The minimum absolute atomic E-state index is 0.0525. The first-order chi connectivity index (χ1) is 8.91. The third-order valence-corrected chi connectivity index (χ3v) is 4.12. The number of carbonyl (C=O) groups excluding carboxylic acids is 2. The fourth-order valence-electron chi connectivity index (χ4n) is 2.67. The molecule has 1 heterocycles. The molecule has 0 aromatic rings. The molecule has 19 heavy (non-hydrogen) atoms. The zero-order valence-electron chi connectivity index (χ0n) is 10.5. The van der Waals surface area contributed by atoms with Crippen LogP contribution in [0.5, 0.6) is 0 Å². The Bertz CT molecular complexity index is 372. The summed E-state index contributed by atoms with van der Waals surface area (Å²) in [5, 5.41) is 14.7. The van der Waals surface area contributed by atoms with Crippen molar-refractivity contribution in [3.8, 4) is 0 Å². The van der Waals surface area contributed by atoms with E-state index in [2.05, 4.69) is 10.6 Å². The third-order valence-electron chi connectivity index (χ3n) is 3.76. The summed E-state index contributed by atoms with van der Waals surface area (Å²) >= 11 is 5.93. The second-order valence-electron chi connectivity index (χ2n) is 5.34. The van der Waals surface area contributed by atoms with Gasteiger partial charge in [0.2, 0.25) is 5.60 Å². The van der Waals surface area contributed by atoms with Crippen LogP contribution < -0.4 is 10.6 Å². The van der Waals surface area contributed by atoms with Crippen LogP contribution in [0.2, 0.25) is 0 Å². The average molecular weight is 293 g/mol. The maximum atomic E-state index is 13.3. The van der Waals surface area contributed by atoms with E-state index >= 15 is 0 Å². The van der Waals surface area contributed by atoms with Crippen LogP contribution in [-0.2, 0) is 9.59 Å². The number of rotatable bonds is 3. The fourth-order valence-corrected chi connectivity index (χ4v) is 3.12. The van der Waals surface area contributed by atoms with Gasteiger partial charge in [-0.1, -0.05) is 0 Å². The van der Waals surface area contributed by atoms with Crippen molar-refractivity contribution < 1.29 is 19.1 Å². The van der Waals surface area contributed by atoms with Crippen molar-refractivity contribution in [3.05, 3.63) is 0 Å². The highest BCUT2D eigenvalue weighted by Gasteiger charge is 2.47. The van der Waals surface area contributed by atoms with Gasteiger partial charge >= 0.3 is 0 Å². The molecule has 1 aliphatic carbocycles. The maximum absolute atomic E-state index is 13.3. The Morgan fingerprint density at radius 1 is 1.53 bits per heavy atom. The summed E-state index contributed by atoms with van der Waals surface area (Å²) in [6.07, 6.45) is 0.446. The van der Waals surface area contributed by atoms with Crippen LogP contribution in [-0.4, -0.2) is 47.2 Å². The minimum Gasteiger partial charge on any atom is -0.372 e.